The molecule has 3 aromatic rings. The van der Waals surface area contributed by atoms with Gasteiger partial charge in [-0.15, -0.1) is 0 Å². The second-order valence-corrected chi connectivity index (χ2v) is 4.54. The molecule has 3 aromatic heterocycles. The van der Waals surface area contributed by atoms with Gasteiger partial charge in [-0.05, 0) is 25.0 Å². The number of rotatable bonds is 4. The van der Waals surface area contributed by atoms with Gasteiger partial charge in [-0.3, -0.25) is 4.40 Å². The number of imidazole rings is 1. The molecule has 0 N–H and O–H groups in total. The minimum absolute atomic E-state index is 0.328. The molecule has 3 heterocycles. The summed E-state index contributed by atoms with van der Waals surface area (Å²) in [6.07, 6.45) is 7.26. The van der Waals surface area contributed by atoms with Gasteiger partial charge in [-0.2, -0.15) is 0 Å². The number of ether oxygens (including phenoxy) is 1. The SMILES string of the molecule is CCOC(=O)c1cnc2c(-c3cnco3)cc(CC)cn12. The smallest absolute Gasteiger partial charge is 0.356 e. The van der Waals surface area contributed by atoms with Crippen LogP contribution in [0.4, 0.5) is 0 Å². The summed E-state index contributed by atoms with van der Waals surface area (Å²) >= 11 is 0. The van der Waals surface area contributed by atoms with E-state index in [0.29, 0.717) is 23.7 Å². The zero-order valence-corrected chi connectivity index (χ0v) is 11.9. The number of hydrogen-bond donors (Lipinski definition) is 0. The molecular weight excluding hydrogens is 270 g/mol. The van der Waals surface area contributed by atoms with Crippen LogP contribution >= 0.6 is 0 Å². The van der Waals surface area contributed by atoms with Gasteiger partial charge in [0.1, 0.15) is 5.65 Å². The van der Waals surface area contributed by atoms with E-state index < -0.39 is 0 Å². The maximum Gasteiger partial charge on any atom is 0.356 e. The van der Waals surface area contributed by atoms with E-state index in [0.717, 1.165) is 17.5 Å². The molecule has 0 amide bonds. The van der Waals surface area contributed by atoms with E-state index in [9.17, 15) is 4.79 Å². The van der Waals surface area contributed by atoms with Gasteiger partial charge in [0.15, 0.2) is 17.8 Å². The van der Waals surface area contributed by atoms with E-state index in [2.05, 4.69) is 9.97 Å². The predicted molar refractivity (Wildman–Crippen MR) is 76.0 cm³/mol. The fourth-order valence-electron chi connectivity index (χ4n) is 2.22. The number of esters is 1. The summed E-state index contributed by atoms with van der Waals surface area (Å²) in [5, 5.41) is 0. The Bertz CT molecular complexity index is 775. The highest BCUT2D eigenvalue weighted by atomic mass is 16.5. The van der Waals surface area contributed by atoms with Crippen LogP contribution < -0.4 is 0 Å². The van der Waals surface area contributed by atoms with Crippen LogP contribution in [-0.2, 0) is 11.2 Å². The average Bonchev–Trinajstić information content (AvgIpc) is 3.15. The lowest BCUT2D eigenvalue weighted by Crippen LogP contribution is -2.08. The predicted octanol–water partition coefficient (Wildman–Crippen LogP) is 2.73. The zero-order chi connectivity index (χ0) is 14.8. The largest absolute Gasteiger partial charge is 0.461 e. The van der Waals surface area contributed by atoms with Gasteiger partial charge in [0.25, 0.3) is 0 Å². The molecule has 0 aliphatic carbocycles. The minimum atomic E-state index is -0.387. The van der Waals surface area contributed by atoms with E-state index in [1.54, 1.807) is 17.5 Å². The molecule has 0 fully saturated rings. The third kappa shape index (κ3) is 2.29. The van der Waals surface area contributed by atoms with E-state index in [-0.39, 0.29) is 5.97 Å². The molecule has 3 rings (SSSR count). The van der Waals surface area contributed by atoms with Crippen molar-refractivity contribution < 1.29 is 13.9 Å². The van der Waals surface area contributed by atoms with Crippen LogP contribution in [0, 0.1) is 0 Å². The maximum absolute atomic E-state index is 12.0. The summed E-state index contributed by atoms with van der Waals surface area (Å²) in [7, 11) is 0. The molecule has 0 spiro atoms. The fourth-order valence-corrected chi connectivity index (χ4v) is 2.22. The van der Waals surface area contributed by atoms with Gasteiger partial charge in [-0.1, -0.05) is 6.92 Å². The average molecular weight is 285 g/mol. The van der Waals surface area contributed by atoms with Crippen LogP contribution in [0.2, 0.25) is 0 Å². The van der Waals surface area contributed by atoms with Crippen molar-refractivity contribution in [3.63, 3.8) is 0 Å². The molecule has 0 atom stereocenters. The molecule has 6 heteroatoms. The topological polar surface area (TPSA) is 69.6 Å². The van der Waals surface area contributed by atoms with Crippen LogP contribution in [0.15, 0.2) is 35.5 Å². The molecule has 0 aromatic carbocycles. The van der Waals surface area contributed by atoms with Crippen LogP contribution in [0.1, 0.15) is 29.9 Å². The minimum Gasteiger partial charge on any atom is -0.461 e. The molecule has 0 aliphatic heterocycles. The first-order valence-corrected chi connectivity index (χ1v) is 6.80. The van der Waals surface area contributed by atoms with Gasteiger partial charge in [0, 0.05) is 6.20 Å². The molecule has 0 saturated carbocycles. The molecule has 0 unspecified atom stereocenters. The number of aryl methyl sites for hydroxylation is 1. The van der Waals surface area contributed by atoms with Crippen molar-refractivity contribution in [2.45, 2.75) is 20.3 Å². The molecule has 108 valence electrons. The fraction of sp³-hybridized carbons (Fsp3) is 0.267. The van der Waals surface area contributed by atoms with Crippen molar-refractivity contribution in [2.75, 3.05) is 6.61 Å². The molecule has 0 radical (unpaired) electrons. The zero-order valence-electron chi connectivity index (χ0n) is 11.9. The van der Waals surface area contributed by atoms with Crippen molar-refractivity contribution in [3.05, 3.63) is 42.3 Å². The summed E-state index contributed by atoms with van der Waals surface area (Å²) in [4.78, 5) is 20.3. The Kier molecular flexibility index (Phi) is 3.43. The lowest BCUT2D eigenvalue weighted by Gasteiger charge is -2.07. The number of nitrogens with zero attached hydrogens (tertiary/aromatic N) is 3. The van der Waals surface area contributed by atoms with E-state index in [1.807, 2.05) is 19.2 Å². The van der Waals surface area contributed by atoms with Crippen molar-refractivity contribution in [3.8, 4) is 11.3 Å². The number of aromatic nitrogens is 3. The van der Waals surface area contributed by atoms with Gasteiger partial charge < -0.3 is 9.15 Å². The third-order valence-corrected chi connectivity index (χ3v) is 3.25. The summed E-state index contributed by atoms with van der Waals surface area (Å²) in [5.41, 5.74) is 2.93. The Morgan fingerprint density at radius 1 is 1.38 bits per heavy atom. The van der Waals surface area contributed by atoms with Crippen molar-refractivity contribution in [1.82, 2.24) is 14.4 Å². The number of pyridine rings is 1. The van der Waals surface area contributed by atoms with Crippen LogP contribution in [0.5, 0.6) is 0 Å². The quantitative estimate of drug-likeness (QED) is 0.689. The van der Waals surface area contributed by atoms with Crippen LogP contribution in [-0.4, -0.2) is 26.9 Å². The molecule has 0 saturated heterocycles. The molecule has 6 nitrogen and oxygen atoms in total. The lowest BCUT2D eigenvalue weighted by molar-refractivity contribution is 0.0518. The standard InChI is InChI=1S/C15H15N3O3/c1-3-10-5-11(13-7-16-9-21-13)14-17-6-12(18(14)8-10)15(19)20-4-2/h5-9H,3-4H2,1-2H3. The summed E-state index contributed by atoms with van der Waals surface area (Å²) < 4.78 is 12.2. The Labute approximate surface area is 121 Å². The Balaban J connectivity index is 2.23. The summed E-state index contributed by atoms with van der Waals surface area (Å²) in [5.74, 6) is 0.234. The summed E-state index contributed by atoms with van der Waals surface area (Å²) in [6, 6.07) is 2.00. The van der Waals surface area contributed by atoms with Gasteiger partial charge in [0.05, 0.1) is 24.6 Å². The Hall–Kier alpha value is -2.63. The number of fused-ring (bicyclic) bond motifs is 1. The number of hydrogen-bond acceptors (Lipinski definition) is 5. The van der Waals surface area contributed by atoms with E-state index >= 15 is 0 Å². The van der Waals surface area contributed by atoms with E-state index in [1.165, 1.54) is 12.6 Å². The van der Waals surface area contributed by atoms with Crippen molar-refractivity contribution >= 4 is 11.6 Å². The highest BCUT2D eigenvalue weighted by Crippen LogP contribution is 2.26. The number of carbonyl (C=O) groups is 1. The normalized spacial score (nSPS) is 11.0. The molecule has 0 bridgehead atoms. The first-order valence-electron chi connectivity index (χ1n) is 6.80. The van der Waals surface area contributed by atoms with Crippen LogP contribution in [0.25, 0.3) is 17.0 Å². The maximum atomic E-state index is 12.0. The molecule has 0 aliphatic rings. The van der Waals surface area contributed by atoms with Gasteiger partial charge >= 0.3 is 5.97 Å². The van der Waals surface area contributed by atoms with Gasteiger partial charge in [0.2, 0.25) is 0 Å². The van der Waals surface area contributed by atoms with Gasteiger partial charge in [-0.25, -0.2) is 14.8 Å². The first kappa shape index (κ1) is 13.4. The van der Waals surface area contributed by atoms with E-state index in [4.69, 9.17) is 9.15 Å². The first-order chi connectivity index (χ1) is 10.2. The molecule has 21 heavy (non-hydrogen) atoms. The molecular formula is C15H15N3O3. The number of oxazole rings is 1. The summed E-state index contributed by atoms with van der Waals surface area (Å²) in [6.45, 7) is 4.15. The highest BCUT2D eigenvalue weighted by Gasteiger charge is 2.17. The highest BCUT2D eigenvalue weighted by molar-refractivity contribution is 5.90. The number of carbonyl (C=O) groups excluding carboxylic acids is 1. The Morgan fingerprint density at radius 2 is 2.24 bits per heavy atom. The van der Waals surface area contributed by atoms with Crippen molar-refractivity contribution in [2.24, 2.45) is 0 Å². The van der Waals surface area contributed by atoms with Crippen molar-refractivity contribution in [1.29, 1.82) is 0 Å². The lowest BCUT2D eigenvalue weighted by atomic mass is 10.1. The Morgan fingerprint density at radius 3 is 2.90 bits per heavy atom. The second kappa shape index (κ2) is 5.40. The second-order valence-electron chi connectivity index (χ2n) is 4.54. The van der Waals surface area contributed by atoms with Crippen LogP contribution in [0.3, 0.4) is 0 Å². The monoisotopic (exact) mass is 285 g/mol. The third-order valence-electron chi connectivity index (χ3n) is 3.25.